The molecule has 1 saturated heterocycles. The van der Waals surface area contributed by atoms with Gasteiger partial charge in [-0.2, -0.15) is 0 Å². The number of likely N-dealkylation sites (tertiary alicyclic amines) is 1. The van der Waals surface area contributed by atoms with Gasteiger partial charge in [-0.15, -0.1) is 0 Å². The molecule has 4 heteroatoms. The molecule has 1 aromatic carbocycles. The first-order chi connectivity index (χ1) is 8.11. The predicted octanol–water partition coefficient (Wildman–Crippen LogP) is 1.04. The van der Waals surface area contributed by atoms with Crippen LogP contribution in [0.15, 0.2) is 24.3 Å². The number of benzene rings is 1. The second kappa shape index (κ2) is 4.67. The van der Waals surface area contributed by atoms with Crippen LogP contribution in [0.4, 0.5) is 0 Å². The molecule has 4 nitrogen and oxygen atoms in total. The first-order valence-corrected chi connectivity index (χ1v) is 5.74. The second-order valence-corrected chi connectivity index (χ2v) is 4.45. The van der Waals surface area contributed by atoms with Gasteiger partial charge in [-0.3, -0.25) is 14.5 Å². The zero-order valence-corrected chi connectivity index (χ0v) is 9.85. The van der Waals surface area contributed by atoms with Gasteiger partial charge < -0.3 is 5.73 Å². The minimum absolute atomic E-state index is 0.0758. The number of nitrogens with two attached hydrogens (primary N) is 1. The minimum atomic E-state index is -0.180. The van der Waals surface area contributed by atoms with E-state index in [-0.39, 0.29) is 17.7 Å². The number of nitrogens with zero attached hydrogens (tertiary/aromatic N) is 1. The van der Waals surface area contributed by atoms with E-state index in [9.17, 15) is 9.59 Å². The third kappa shape index (κ3) is 2.36. The molecule has 0 saturated carbocycles. The third-order valence-electron chi connectivity index (χ3n) is 3.04. The van der Waals surface area contributed by atoms with Crippen molar-refractivity contribution in [2.45, 2.75) is 26.4 Å². The van der Waals surface area contributed by atoms with Crippen molar-refractivity contribution in [3.63, 3.8) is 0 Å². The van der Waals surface area contributed by atoms with Gasteiger partial charge in [0.25, 0.3) is 0 Å². The molecule has 2 N–H and O–H groups in total. The van der Waals surface area contributed by atoms with E-state index in [4.69, 9.17) is 5.73 Å². The van der Waals surface area contributed by atoms with Crippen LogP contribution in [0.25, 0.3) is 0 Å². The van der Waals surface area contributed by atoms with Gasteiger partial charge in [0.15, 0.2) is 0 Å². The van der Waals surface area contributed by atoms with E-state index in [1.807, 2.05) is 24.3 Å². The summed E-state index contributed by atoms with van der Waals surface area (Å²) in [4.78, 5) is 24.7. The SMILES string of the molecule is CC1CC(=O)N(Cc2cccc(CN)c2)C1=O. The van der Waals surface area contributed by atoms with Gasteiger partial charge in [0.2, 0.25) is 11.8 Å². The molecular weight excluding hydrogens is 216 g/mol. The van der Waals surface area contributed by atoms with E-state index in [1.54, 1.807) is 6.92 Å². The Balaban J connectivity index is 2.15. The molecule has 0 aromatic heterocycles. The molecule has 1 aromatic rings. The highest BCUT2D eigenvalue weighted by molar-refractivity contribution is 6.03. The first-order valence-electron chi connectivity index (χ1n) is 5.74. The molecule has 1 aliphatic heterocycles. The molecule has 0 bridgehead atoms. The van der Waals surface area contributed by atoms with Crippen LogP contribution >= 0.6 is 0 Å². The summed E-state index contributed by atoms with van der Waals surface area (Å²) in [5.74, 6) is -0.339. The number of rotatable bonds is 3. The molecule has 0 spiro atoms. The third-order valence-corrected chi connectivity index (χ3v) is 3.04. The van der Waals surface area contributed by atoms with Crippen LogP contribution < -0.4 is 5.73 Å². The quantitative estimate of drug-likeness (QED) is 0.792. The molecule has 1 heterocycles. The molecule has 17 heavy (non-hydrogen) atoms. The molecule has 0 radical (unpaired) electrons. The van der Waals surface area contributed by atoms with Gasteiger partial charge in [0, 0.05) is 18.9 Å². The highest BCUT2D eigenvalue weighted by Gasteiger charge is 2.35. The van der Waals surface area contributed by atoms with Crippen LogP contribution in [-0.4, -0.2) is 16.7 Å². The van der Waals surface area contributed by atoms with Gasteiger partial charge in [-0.25, -0.2) is 0 Å². The maximum absolute atomic E-state index is 11.8. The number of amides is 2. The fourth-order valence-corrected chi connectivity index (χ4v) is 2.05. The van der Waals surface area contributed by atoms with Crippen LogP contribution in [0.5, 0.6) is 0 Å². The fraction of sp³-hybridized carbons (Fsp3) is 0.385. The van der Waals surface area contributed by atoms with E-state index < -0.39 is 0 Å². The van der Waals surface area contributed by atoms with Crippen molar-refractivity contribution >= 4 is 11.8 Å². The number of carbonyl (C=O) groups excluding carboxylic acids is 2. The highest BCUT2D eigenvalue weighted by atomic mass is 16.2. The molecule has 2 rings (SSSR count). The normalized spacial score (nSPS) is 20.1. The van der Waals surface area contributed by atoms with E-state index >= 15 is 0 Å². The Kier molecular flexibility index (Phi) is 3.24. The average Bonchev–Trinajstić information content (AvgIpc) is 2.56. The Labute approximate surface area is 100 Å². The molecule has 1 atom stereocenters. The van der Waals surface area contributed by atoms with Gasteiger partial charge in [0.05, 0.1) is 6.54 Å². The van der Waals surface area contributed by atoms with Crippen molar-refractivity contribution < 1.29 is 9.59 Å². The van der Waals surface area contributed by atoms with Crippen molar-refractivity contribution in [2.24, 2.45) is 11.7 Å². The zero-order chi connectivity index (χ0) is 12.4. The second-order valence-electron chi connectivity index (χ2n) is 4.45. The molecule has 90 valence electrons. The summed E-state index contributed by atoms with van der Waals surface area (Å²) in [6, 6.07) is 7.66. The van der Waals surface area contributed by atoms with Crippen molar-refractivity contribution in [3.8, 4) is 0 Å². The lowest BCUT2D eigenvalue weighted by Gasteiger charge is -2.14. The molecule has 1 aliphatic rings. The van der Waals surface area contributed by atoms with Crippen LogP contribution in [0.2, 0.25) is 0 Å². The lowest BCUT2D eigenvalue weighted by molar-refractivity contribution is -0.139. The average molecular weight is 232 g/mol. The Morgan fingerprint density at radius 2 is 2.06 bits per heavy atom. The monoisotopic (exact) mass is 232 g/mol. The van der Waals surface area contributed by atoms with Crippen molar-refractivity contribution in [1.29, 1.82) is 0 Å². The first kappa shape index (κ1) is 11.8. The smallest absolute Gasteiger partial charge is 0.232 e. The minimum Gasteiger partial charge on any atom is -0.326 e. The highest BCUT2D eigenvalue weighted by Crippen LogP contribution is 2.21. The Hall–Kier alpha value is -1.68. The lowest BCUT2D eigenvalue weighted by Crippen LogP contribution is -2.29. The van der Waals surface area contributed by atoms with Crippen LogP contribution in [0.3, 0.4) is 0 Å². The maximum atomic E-state index is 11.8. The summed E-state index contributed by atoms with van der Waals surface area (Å²) in [6.45, 7) is 2.61. The van der Waals surface area contributed by atoms with E-state index in [2.05, 4.69) is 0 Å². The predicted molar refractivity (Wildman–Crippen MR) is 63.7 cm³/mol. The number of imide groups is 1. The molecular formula is C13H16N2O2. The van der Waals surface area contributed by atoms with Crippen molar-refractivity contribution in [3.05, 3.63) is 35.4 Å². The fourth-order valence-electron chi connectivity index (χ4n) is 2.05. The summed E-state index contributed by atoms with van der Waals surface area (Å²) < 4.78 is 0. The van der Waals surface area contributed by atoms with Crippen molar-refractivity contribution in [1.82, 2.24) is 4.90 Å². The summed E-state index contributed by atoms with van der Waals surface area (Å²) in [5, 5.41) is 0. The zero-order valence-electron chi connectivity index (χ0n) is 9.85. The van der Waals surface area contributed by atoms with Crippen LogP contribution in [0.1, 0.15) is 24.5 Å². The summed E-state index contributed by atoms with van der Waals surface area (Å²) in [5.41, 5.74) is 7.51. The number of hydrogen-bond acceptors (Lipinski definition) is 3. The van der Waals surface area contributed by atoms with Crippen LogP contribution in [-0.2, 0) is 22.7 Å². The summed E-state index contributed by atoms with van der Waals surface area (Å²) >= 11 is 0. The van der Waals surface area contributed by atoms with Gasteiger partial charge in [-0.05, 0) is 11.1 Å². The van der Waals surface area contributed by atoms with Gasteiger partial charge in [0.1, 0.15) is 0 Å². The molecule has 1 fully saturated rings. The Morgan fingerprint density at radius 1 is 1.35 bits per heavy atom. The van der Waals surface area contributed by atoms with Crippen LogP contribution in [0, 0.1) is 5.92 Å². The molecule has 2 amide bonds. The topological polar surface area (TPSA) is 63.4 Å². The van der Waals surface area contributed by atoms with E-state index in [0.717, 1.165) is 11.1 Å². The largest absolute Gasteiger partial charge is 0.326 e. The number of hydrogen-bond donors (Lipinski definition) is 1. The summed E-state index contributed by atoms with van der Waals surface area (Å²) in [7, 11) is 0. The maximum Gasteiger partial charge on any atom is 0.232 e. The molecule has 1 unspecified atom stereocenters. The van der Waals surface area contributed by atoms with E-state index in [1.165, 1.54) is 4.90 Å². The Bertz CT molecular complexity index is 456. The molecule has 0 aliphatic carbocycles. The standard InChI is InChI=1S/C13H16N2O2/c1-9-5-12(16)15(13(9)17)8-11-4-2-3-10(6-11)7-14/h2-4,6,9H,5,7-8,14H2,1H3. The van der Waals surface area contributed by atoms with Crippen molar-refractivity contribution in [2.75, 3.05) is 0 Å². The lowest BCUT2D eigenvalue weighted by atomic mass is 10.1. The van der Waals surface area contributed by atoms with Gasteiger partial charge in [-0.1, -0.05) is 31.2 Å². The van der Waals surface area contributed by atoms with Gasteiger partial charge >= 0.3 is 0 Å². The van der Waals surface area contributed by atoms with E-state index in [0.29, 0.717) is 19.5 Å². The Morgan fingerprint density at radius 3 is 2.65 bits per heavy atom. The summed E-state index contributed by atoms with van der Waals surface area (Å²) in [6.07, 6.45) is 0.329. The number of carbonyl (C=O) groups is 2.